The molecule has 1 aliphatic carbocycles. The highest BCUT2D eigenvalue weighted by Gasteiger charge is 2.40. The Bertz CT molecular complexity index is 649. The van der Waals surface area contributed by atoms with E-state index < -0.39 is 15.3 Å². The van der Waals surface area contributed by atoms with Gasteiger partial charge in [0.05, 0.1) is 16.0 Å². The van der Waals surface area contributed by atoms with Crippen LogP contribution in [0.3, 0.4) is 0 Å². The monoisotopic (exact) mass is 312 g/mol. The number of aromatic hydroxyl groups is 1. The van der Waals surface area contributed by atoms with Gasteiger partial charge < -0.3 is 16.2 Å². The van der Waals surface area contributed by atoms with Crippen molar-refractivity contribution in [3.05, 3.63) is 18.2 Å². The van der Waals surface area contributed by atoms with E-state index in [1.807, 2.05) is 0 Å². The van der Waals surface area contributed by atoms with E-state index in [0.29, 0.717) is 12.8 Å². The molecule has 1 saturated carbocycles. The number of sulfone groups is 1. The summed E-state index contributed by atoms with van der Waals surface area (Å²) in [5, 5.41) is 12.4. The number of hydrogen-bond donors (Lipinski definition) is 3. The number of benzene rings is 1. The van der Waals surface area contributed by atoms with Crippen LogP contribution < -0.4 is 11.1 Å². The van der Waals surface area contributed by atoms with Crippen molar-refractivity contribution in [2.45, 2.75) is 30.6 Å². The lowest BCUT2D eigenvalue weighted by molar-refractivity contribution is -0.124. The van der Waals surface area contributed by atoms with Crippen LogP contribution in [0.1, 0.15) is 25.7 Å². The molecule has 1 amide bonds. The lowest BCUT2D eigenvalue weighted by Crippen LogP contribution is -2.40. The van der Waals surface area contributed by atoms with E-state index >= 15 is 0 Å². The molecule has 0 aromatic heterocycles. The summed E-state index contributed by atoms with van der Waals surface area (Å²) in [6.07, 6.45) is 4.38. The number of phenols is 1. The standard InChI is InChI=1S/C14H20N2O4S/c1-21(19,20)10-4-5-12(17)11(8-10)16-13(18)14(9-15)6-2-3-7-14/h4-5,8,17H,2-3,6-7,9,15H2,1H3,(H,16,18). The molecule has 1 aromatic carbocycles. The molecule has 0 radical (unpaired) electrons. The Kier molecular flexibility index (Phi) is 4.25. The Balaban J connectivity index is 2.29. The van der Waals surface area contributed by atoms with Crippen LogP contribution in [-0.4, -0.2) is 32.2 Å². The maximum absolute atomic E-state index is 12.4. The summed E-state index contributed by atoms with van der Waals surface area (Å²) in [7, 11) is -3.40. The predicted molar refractivity (Wildman–Crippen MR) is 79.8 cm³/mol. The van der Waals surface area contributed by atoms with Gasteiger partial charge in [-0.2, -0.15) is 0 Å². The van der Waals surface area contributed by atoms with Crippen molar-refractivity contribution >= 4 is 21.4 Å². The van der Waals surface area contributed by atoms with E-state index in [2.05, 4.69) is 5.32 Å². The van der Waals surface area contributed by atoms with E-state index in [0.717, 1.165) is 19.1 Å². The van der Waals surface area contributed by atoms with Crippen LogP contribution in [0.5, 0.6) is 5.75 Å². The number of phenolic OH excluding ortho intramolecular Hbond substituents is 1. The fourth-order valence-electron chi connectivity index (χ4n) is 2.68. The number of hydrogen-bond acceptors (Lipinski definition) is 5. The van der Waals surface area contributed by atoms with E-state index in [1.54, 1.807) is 0 Å². The molecule has 0 aliphatic heterocycles. The van der Waals surface area contributed by atoms with Gasteiger partial charge in [0.25, 0.3) is 0 Å². The zero-order chi connectivity index (χ0) is 15.7. The largest absolute Gasteiger partial charge is 0.506 e. The molecular weight excluding hydrogens is 292 g/mol. The second-order valence-electron chi connectivity index (χ2n) is 5.60. The first kappa shape index (κ1) is 15.8. The first-order chi connectivity index (χ1) is 9.78. The highest BCUT2D eigenvalue weighted by molar-refractivity contribution is 7.90. The molecule has 2 rings (SSSR count). The number of amides is 1. The third kappa shape index (κ3) is 3.19. The van der Waals surface area contributed by atoms with Crippen molar-refractivity contribution in [1.29, 1.82) is 0 Å². The number of nitrogens with one attached hydrogen (secondary N) is 1. The zero-order valence-corrected chi connectivity index (χ0v) is 12.7. The molecule has 0 atom stereocenters. The molecule has 0 bridgehead atoms. The number of carbonyl (C=O) groups excluding carboxylic acids is 1. The summed E-state index contributed by atoms with van der Waals surface area (Å²) in [5.41, 5.74) is 5.22. The average molecular weight is 312 g/mol. The third-order valence-corrected chi connectivity index (χ3v) is 5.19. The van der Waals surface area contributed by atoms with Gasteiger partial charge >= 0.3 is 0 Å². The summed E-state index contributed by atoms with van der Waals surface area (Å²) in [6.45, 7) is 0.241. The highest BCUT2D eigenvalue weighted by Crippen LogP contribution is 2.39. The molecule has 7 heteroatoms. The van der Waals surface area contributed by atoms with Gasteiger partial charge in [-0.1, -0.05) is 12.8 Å². The van der Waals surface area contributed by atoms with Crippen molar-refractivity contribution < 1.29 is 18.3 Å². The first-order valence-corrected chi connectivity index (χ1v) is 8.72. The Labute approximate surface area is 124 Å². The van der Waals surface area contributed by atoms with Crippen LogP contribution in [0.4, 0.5) is 5.69 Å². The molecule has 1 fully saturated rings. The zero-order valence-electron chi connectivity index (χ0n) is 11.9. The Morgan fingerprint density at radius 3 is 2.52 bits per heavy atom. The van der Waals surface area contributed by atoms with Crippen molar-refractivity contribution in [3.63, 3.8) is 0 Å². The molecule has 116 valence electrons. The van der Waals surface area contributed by atoms with E-state index in [1.165, 1.54) is 18.2 Å². The second kappa shape index (κ2) is 5.65. The van der Waals surface area contributed by atoms with Crippen molar-refractivity contribution in [2.75, 3.05) is 18.1 Å². The lowest BCUT2D eigenvalue weighted by atomic mass is 9.85. The molecule has 0 unspecified atom stereocenters. The average Bonchev–Trinajstić information content (AvgIpc) is 2.90. The SMILES string of the molecule is CS(=O)(=O)c1ccc(O)c(NC(=O)C2(CN)CCCC2)c1. The smallest absolute Gasteiger partial charge is 0.231 e. The summed E-state index contributed by atoms with van der Waals surface area (Å²) in [5.74, 6) is -0.427. The number of carbonyl (C=O) groups is 1. The molecule has 1 aromatic rings. The van der Waals surface area contributed by atoms with Gasteiger partial charge in [0.1, 0.15) is 5.75 Å². The topological polar surface area (TPSA) is 109 Å². The number of nitrogens with two attached hydrogens (primary N) is 1. The predicted octanol–water partition coefficient (Wildman–Crippen LogP) is 1.25. The normalized spacial score (nSPS) is 17.6. The van der Waals surface area contributed by atoms with Gasteiger partial charge in [-0.15, -0.1) is 0 Å². The van der Waals surface area contributed by atoms with E-state index in [-0.39, 0.29) is 28.8 Å². The number of anilines is 1. The van der Waals surface area contributed by atoms with Crippen LogP contribution in [0.15, 0.2) is 23.1 Å². The molecule has 21 heavy (non-hydrogen) atoms. The van der Waals surface area contributed by atoms with Crippen LogP contribution in [0.25, 0.3) is 0 Å². The van der Waals surface area contributed by atoms with Crippen molar-refractivity contribution in [3.8, 4) is 5.75 Å². The van der Waals surface area contributed by atoms with E-state index in [4.69, 9.17) is 5.73 Å². The fraction of sp³-hybridized carbons (Fsp3) is 0.500. The Morgan fingerprint density at radius 2 is 2.00 bits per heavy atom. The fourth-order valence-corrected chi connectivity index (χ4v) is 3.32. The van der Waals surface area contributed by atoms with Crippen molar-refractivity contribution in [2.24, 2.45) is 11.1 Å². The molecule has 4 N–H and O–H groups in total. The second-order valence-corrected chi connectivity index (χ2v) is 7.61. The lowest BCUT2D eigenvalue weighted by Gasteiger charge is -2.26. The molecule has 6 nitrogen and oxygen atoms in total. The van der Waals surface area contributed by atoms with Gasteiger partial charge in [0, 0.05) is 12.8 Å². The maximum Gasteiger partial charge on any atom is 0.231 e. The molecule has 0 heterocycles. The highest BCUT2D eigenvalue weighted by atomic mass is 32.2. The van der Waals surface area contributed by atoms with Gasteiger partial charge in [-0.25, -0.2) is 8.42 Å². The minimum Gasteiger partial charge on any atom is -0.506 e. The van der Waals surface area contributed by atoms with Crippen LogP contribution in [0, 0.1) is 5.41 Å². The van der Waals surface area contributed by atoms with Crippen LogP contribution >= 0.6 is 0 Å². The van der Waals surface area contributed by atoms with Gasteiger partial charge in [0.2, 0.25) is 5.91 Å². The summed E-state index contributed by atoms with van der Waals surface area (Å²) < 4.78 is 23.1. The van der Waals surface area contributed by atoms with E-state index in [9.17, 15) is 18.3 Å². The summed E-state index contributed by atoms with van der Waals surface area (Å²) in [4.78, 5) is 12.5. The third-order valence-electron chi connectivity index (χ3n) is 4.08. The van der Waals surface area contributed by atoms with Gasteiger partial charge in [0.15, 0.2) is 9.84 Å². The molecule has 0 saturated heterocycles. The minimum absolute atomic E-state index is 0.0452. The minimum atomic E-state index is -3.40. The van der Waals surface area contributed by atoms with Crippen LogP contribution in [0.2, 0.25) is 0 Å². The van der Waals surface area contributed by atoms with Crippen molar-refractivity contribution in [1.82, 2.24) is 0 Å². The van der Waals surface area contributed by atoms with Gasteiger partial charge in [-0.3, -0.25) is 4.79 Å². The van der Waals surface area contributed by atoms with Gasteiger partial charge in [-0.05, 0) is 31.0 Å². The molecular formula is C14H20N2O4S. The Morgan fingerprint density at radius 1 is 1.38 bits per heavy atom. The maximum atomic E-state index is 12.4. The summed E-state index contributed by atoms with van der Waals surface area (Å²) >= 11 is 0. The Hall–Kier alpha value is -1.60. The quantitative estimate of drug-likeness (QED) is 0.725. The molecule has 0 spiro atoms. The first-order valence-electron chi connectivity index (χ1n) is 6.83. The number of rotatable bonds is 4. The summed E-state index contributed by atoms with van der Waals surface area (Å²) in [6, 6.07) is 3.83. The van der Waals surface area contributed by atoms with Crippen LogP contribution in [-0.2, 0) is 14.6 Å². The molecule has 1 aliphatic rings.